The second kappa shape index (κ2) is 12.8. The van der Waals surface area contributed by atoms with Crippen molar-refractivity contribution in [2.45, 2.75) is 19.3 Å². The summed E-state index contributed by atoms with van der Waals surface area (Å²) in [5.74, 6) is 3.47. The minimum atomic E-state index is -4.39. The van der Waals surface area contributed by atoms with Crippen LogP contribution in [0.2, 0.25) is 0 Å². The van der Waals surface area contributed by atoms with Gasteiger partial charge in [0.25, 0.3) is 0 Å². The molecule has 0 saturated carbocycles. The second-order valence-corrected chi connectivity index (χ2v) is 11.2. The fourth-order valence-electron chi connectivity index (χ4n) is 5.57. The van der Waals surface area contributed by atoms with Crippen LogP contribution < -0.4 is 24.4 Å². The molecule has 2 aliphatic rings. The first-order valence-electron chi connectivity index (χ1n) is 15.1. The van der Waals surface area contributed by atoms with E-state index in [0.29, 0.717) is 48.2 Å². The van der Waals surface area contributed by atoms with Crippen LogP contribution in [0.5, 0.6) is 17.2 Å². The normalized spacial score (nSPS) is 15.0. The summed E-state index contributed by atoms with van der Waals surface area (Å²) in [6.45, 7) is 5.32. The van der Waals surface area contributed by atoms with Gasteiger partial charge in [0.15, 0.2) is 28.5 Å². The highest BCUT2D eigenvalue weighted by Gasteiger charge is 2.30. The van der Waals surface area contributed by atoms with Crippen LogP contribution in [0.25, 0.3) is 11.2 Å². The van der Waals surface area contributed by atoms with E-state index in [1.54, 1.807) is 6.33 Å². The third-order valence-electron chi connectivity index (χ3n) is 7.99. The lowest BCUT2D eigenvalue weighted by Crippen LogP contribution is -2.46. The van der Waals surface area contributed by atoms with Crippen LogP contribution >= 0.6 is 0 Å². The third kappa shape index (κ3) is 6.64. The maximum absolute atomic E-state index is 13.1. The van der Waals surface area contributed by atoms with Crippen molar-refractivity contribution in [2.24, 2.45) is 0 Å². The third-order valence-corrected chi connectivity index (χ3v) is 7.99. The number of hydrogen-bond acceptors (Lipinski definition) is 9. The number of nitrogens with zero attached hydrogens (tertiary/aromatic N) is 6. The molecule has 0 spiro atoms. The van der Waals surface area contributed by atoms with Crippen LogP contribution in [0.15, 0.2) is 79.1 Å². The lowest BCUT2D eigenvalue weighted by molar-refractivity contribution is -0.137. The molecule has 1 N–H and O–H groups in total. The first-order valence-corrected chi connectivity index (χ1v) is 15.1. The largest absolute Gasteiger partial charge is 0.492 e. The summed E-state index contributed by atoms with van der Waals surface area (Å²) in [4.78, 5) is 18.9. The van der Waals surface area contributed by atoms with Crippen LogP contribution in [0, 0.1) is 0 Å². The molecule has 0 aliphatic carbocycles. The van der Waals surface area contributed by atoms with Crippen molar-refractivity contribution >= 4 is 22.9 Å². The summed E-state index contributed by atoms with van der Waals surface area (Å²) in [6, 6.07) is 20.8. The Labute approximate surface area is 263 Å². The number of rotatable bonds is 10. The quantitative estimate of drug-likeness (QED) is 0.203. The number of para-hydroxylation sites is 1. The van der Waals surface area contributed by atoms with E-state index in [-0.39, 0.29) is 6.79 Å². The van der Waals surface area contributed by atoms with Gasteiger partial charge in [-0.1, -0.05) is 36.4 Å². The van der Waals surface area contributed by atoms with Crippen molar-refractivity contribution in [3.05, 3.63) is 95.8 Å². The average Bonchev–Trinajstić information content (AvgIpc) is 3.71. The average molecular weight is 632 g/mol. The van der Waals surface area contributed by atoms with Gasteiger partial charge in [0, 0.05) is 32.7 Å². The Bertz CT molecular complexity index is 1790. The molecule has 0 amide bonds. The summed E-state index contributed by atoms with van der Waals surface area (Å²) in [5.41, 5.74) is 2.36. The number of aromatic nitrogens is 4. The van der Waals surface area contributed by atoms with E-state index in [1.807, 2.05) is 47.0 Å². The number of hydrogen-bond donors (Lipinski definition) is 1. The van der Waals surface area contributed by atoms with E-state index in [4.69, 9.17) is 24.2 Å². The van der Waals surface area contributed by atoms with Crippen LogP contribution in [-0.2, 0) is 19.3 Å². The topological polar surface area (TPSA) is 89.8 Å². The van der Waals surface area contributed by atoms with Crippen molar-refractivity contribution in [3.8, 4) is 17.2 Å². The Morgan fingerprint density at radius 1 is 0.826 bits per heavy atom. The van der Waals surface area contributed by atoms with Crippen LogP contribution in [-0.4, -0.2) is 70.5 Å². The molecule has 0 atom stereocenters. The lowest BCUT2D eigenvalue weighted by Gasteiger charge is -2.34. The van der Waals surface area contributed by atoms with Gasteiger partial charge >= 0.3 is 6.18 Å². The van der Waals surface area contributed by atoms with Crippen molar-refractivity contribution in [3.63, 3.8) is 0 Å². The molecule has 238 valence electrons. The highest BCUT2D eigenvalue weighted by Crippen LogP contribution is 2.33. The lowest BCUT2D eigenvalue weighted by atomic mass is 10.1. The SMILES string of the molecule is FC(F)(F)c1ccc(Cn2cnc3c(NCCOc4ccccc4)nc(N4CCN(Cc5ccc6c(c5)OCO6)CC4)nc32)cc1. The zero-order chi connectivity index (χ0) is 31.5. The molecule has 46 heavy (non-hydrogen) atoms. The number of imidazole rings is 1. The maximum Gasteiger partial charge on any atom is 0.416 e. The van der Waals surface area contributed by atoms with E-state index in [9.17, 15) is 13.2 Å². The van der Waals surface area contributed by atoms with Gasteiger partial charge in [-0.3, -0.25) is 4.90 Å². The maximum atomic E-state index is 13.1. The molecular formula is C33H32F3N7O3. The molecule has 0 bridgehead atoms. The summed E-state index contributed by atoms with van der Waals surface area (Å²) in [6.07, 6.45) is -2.74. The zero-order valence-electron chi connectivity index (χ0n) is 24.9. The number of ether oxygens (including phenoxy) is 3. The minimum Gasteiger partial charge on any atom is -0.492 e. The van der Waals surface area contributed by atoms with E-state index >= 15 is 0 Å². The van der Waals surface area contributed by atoms with E-state index in [1.165, 1.54) is 12.1 Å². The number of piperazine rings is 1. The molecule has 13 heteroatoms. The van der Waals surface area contributed by atoms with E-state index < -0.39 is 11.7 Å². The molecule has 5 aromatic rings. The Hall–Kier alpha value is -5.04. The fraction of sp³-hybridized carbons (Fsp3) is 0.303. The Balaban J connectivity index is 1.08. The number of anilines is 2. The van der Waals surface area contributed by atoms with Crippen molar-refractivity contribution in [2.75, 3.05) is 56.3 Å². The number of benzene rings is 3. The van der Waals surface area contributed by atoms with Crippen LogP contribution in [0.1, 0.15) is 16.7 Å². The summed E-state index contributed by atoms with van der Waals surface area (Å²) < 4.78 is 58.0. The smallest absolute Gasteiger partial charge is 0.416 e. The summed E-state index contributed by atoms with van der Waals surface area (Å²) >= 11 is 0. The van der Waals surface area contributed by atoms with Gasteiger partial charge in [-0.15, -0.1) is 0 Å². The first-order chi connectivity index (χ1) is 22.4. The predicted molar refractivity (Wildman–Crippen MR) is 166 cm³/mol. The summed E-state index contributed by atoms with van der Waals surface area (Å²) in [5, 5.41) is 3.36. The van der Waals surface area contributed by atoms with Gasteiger partial charge in [0.05, 0.1) is 25.0 Å². The summed E-state index contributed by atoms with van der Waals surface area (Å²) in [7, 11) is 0. The van der Waals surface area contributed by atoms with E-state index in [2.05, 4.69) is 26.2 Å². The number of fused-ring (bicyclic) bond motifs is 2. The Morgan fingerprint density at radius 3 is 2.37 bits per heavy atom. The van der Waals surface area contributed by atoms with Crippen LogP contribution in [0.3, 0.4) is 0 Å². The zero-order valence-corrected chi connectivity index (χ0v) is 24.9. The van der Waals surface area contributed by atoms with Gasteiger partial charge in [-0.25, -0.2) is 4.98 Å². The van der Waals surface area contributed by atoms with Crippen molar-refractivity contribution < 1.29 is 27.4 Å². The number of alkyl halides is 3. The molecule has 1 saturated heterocycles. The van der Waals surface area contributed by atoms with Gasteiger partial charge in [0.1, 0.15) is 12.4 Å². The van der Waals surface area contributed by atoms with E-state index in [0.717, 1.165) is 67.7 Å². The molecule has 0 radical (unpaired) electrons. The molecule has 7 rings (SSSR count). The van der Waals surface area contributed by atoms with Gasteiger partial charge in [0.2, 0.25) is 12.7 Å². The van der Waals surface area contributed by atoms with Gasteiger partial charge in [-0.2, -0.15) is 23.1 Å². The van der Waals surface area contributed by atoms with Crippen LogP contribution in [0.4, 0.5) is 24.9 Å². The molecule has 2 aromatic heterocycles. The Morgan fingerprint density at radius 2 is 1.59 bits per heavy atom. The van der Waals surface area contributed by atoms with Gasteiger partial charge in [-0.05, 0) is 47.5 Å². The molecule has 0 unspecified atom stereocenters. The Kier molecular flexibility index (Phi) is 8.22. The number of halogens is 3. The standard InChI is InChI=1S/C33H32F3N7O3/c34-33(35,36)25-9-6-23(7-10-25)20-43-21-38-29-30(37-12-17-44-26-4-2-1-3-5-26)39-32(40-31(29)43)42-15-13-41(14-16-42)19-24-8-11-27-28(18-24)46-22-45-27/h1-11,18,21H,12-17,19-20,22H2,(H,37,39,40). The number of nitrogens with one attached hydrogen (secondary N) is 1. The molecule has 1 fully saturated rings. The predicted octanol–water partition coefficient (Wildman–Crippen LogP) is 5.44. The molecule has 10 nitrogen and oxygen atoms in total. The molecule has 4 heterocycles. The highest BCUT2D eigenvalue weighted by atomic mass is 19.4. The first kappa shape index (κ1) is 29.7. The second-order valence-electron chi connectivity index (χ2n) is 11.2. The van der Waals surface area contributed by atoms with Crippen molar-refractivity contribution in [1.29, 1.82) is 0 Å². The molecule has 3 aromatic carbocycles. The highest BCUT2D eigenvalue weighted by molar-refractivity contribution is 5.84. The monoisotopic (exact) mass is 631 g/mol. The minimum absolute atomic E-state index is 0.252. The van der Waals surface area contributed by atoms with Gasteiger partial charge < -0.3 is 29.0 Å². The van der Waals surface area contributed by atoms with Crippen molar-refractivity contribution in [1.82, 2.24) is 24.4 Å². The molecule has 2 aliphatic heterocycles. The fourth-order valence-corrected chi connectivity index (χ4v) is 5.57. The molecular weight excluding hydrogens is 599 g/mol.